The van der Waals surface area contributed by atoms with Crippen LogP contribution in [-0.2, 0) is 4.79 Å². The molecule has 0 unspecified atom stereocenters. The third-order valence-corrected chi connectivity index (χ3v) is 5.70. The standard InChI is InChI=1S/C22H23NO3S2/c1-4-23-21(24)20(28-22(23)27)14-17-7-9-18(10-8-17)25-11-12-26-19-13-15(2)5-6-16(19)3/h5-10,13-14H,4,11-12H2,1-3H3/b20-14-. The number of rotatable bonds is 7. The van der Waals surface area contributed by atoms with E-state index in [0.29, 0.717) is 29.0 Å². The van der Waals surface area contributed by atoms with Gasteiger partial charge in [-0.1, -0.05) is 48.2 Å². The lowest BCUT2D eigenvalue weighted by molar-refractivity contribution is -0.121. The van der Waals surface area contributed by atoms with Crippen LogP contribution in [0.15, 0.2) is 47.4 Å². The highest BCUT2D eigenvalue weighted by atomic mass is 32.2. The van der Waals surface area contributed by atoms with Gasteiger partial charge in [-0.05, 0) is 61.7 Å². The molecule has 28 heavy (non-hydrogen) atoms. The smallest absolute Gasteiger partial charge is 0.266 e. The Kier molecular flexibility index (Phi) is 6.75. The van der Waals surface area contributed by atoms with Gasteiger partial charge in [0.1, 0.15) is 29.0 Å². The second kappa shape index (κ2) is 9.26. The maximum Gasteiger partial charge on any atom is 0.266 e. The number of hydrogen-bond acceptors (Lipinski definition) is 5. The number of carbonyl (C=O) groups excluding carboxylic acids is 1. The van der Waals surface area contributed by atoms with Crippen LogP contribution in [0.3, 0.4) is 0 Å². The lowest BCUT2D eigenvalue weighted by atomic mass is 10.1. The van der Waals surface area contributed by atoms with Gasteiger partial charge in [0.2, 0.25) is 0 Å². The van der Waals surface area contributed by atoms with E-state index in [1.807, 2.05) is 57.2 Å². The van der Waals surface area contributed by atoms with Gasteiger partial charge < -0.3 is 9.47 Å². The molecule has 0 aromatic heterocycles. The Bertz CT molecular complexity index is 906. The number of benzene rings is 2. The van der Waals surface area contributed by atoms with Gasteiger partial charge >= 0.3 is 0 Å². The second-order valence-corrected chi connectivity index (χ2v) is 8.14. The van der Waals surface area contributed by atoms with Gasteiger partial charge in [0.15, 0.2) is 0 Å². The Hall–Kier alpha value is -2.31. The van der Waals surface area contributed by atoms with E-state index >= 15 is 0 Å². The van der Waals surface area contributed by atoms with E-state index in [1.165, 1.54) is 17.3 Å². The average Bonchev–Trinajstić information content (AvgIpc) is 2.95. The molecular formula is C22H23NO3S2. The summed E-state index contributed by atoms with van der Waals surface area (Å²) in [6.07, 6.45) is 1.86. The first kappa shape index (κ1) is 20.4. The number of thiocarbonyl (C=S) groups is 1. The monoisotopic (exact) mass is 413 g/mol. The minimum Gasteiger partial charge on any atom is -0.490 e. The molecule has 2 aromatic carbocycles. The van der Waals surface area contributed by atoms with Gasteiger partial charge in [-0.2, -0.15) is 0 Å². The van der Waals surface area contributed by atoms with Gasteiger partial charge in [0.25, 0.3) is 5.91 Å². The summed E-state index contributed by atoms with van der Waals surface area (Å²) in [5.74, 6) is 1.63. The van der Waals surface area contributed by atoms with Crippen LogP contribution < -0.4 is 9.47 Å². The van der Waals surface area contributed by atoms with E-state index < -0.39 is 0 Å². The summed E-state index contributed by atoms with van der Waals surface area (Å²) >= 11 is 6.58. The molecule has 0 spiro atoms. The molecule has 146 valence electrons. The molecular weight excluding hydrogens is 390 g/mol. The van der Waals surface area contributed by atoms with E-state index in [0.717, 1.165) is 22.6 Å². The van der Waals surface area contributed by atoms with Crippen LogP contribution in [0.25, 0.3) is 6.08 Å². The van der Waals surface area contributed by atoms with Crippen molar-refractivity contribution < 1.29 is 14.3 Å². The third kappa shape index (κ3) is 4.94. The van der Waals surface area contributed by atoms with Crippen molar-refractivity contribution in [1.29, 1.82) is 0 Å². The molecule has 0 saturated carbocycles. The number of thioether (sulfide) groups is 1. The zero-order valence-electron chi connectivity index (χ0n) is 16.2. The zero-order valence-corrected chi connectivity index (χ0v) is 17.9. The molecule has 4 nitrogen and oxygen atoms in total. The van der Waals surface area contributed by atoms with Crippen LogP contribution in [-0.4, -0.2) is 34.9 Å². The van der Waals surface area contributed by atoms with Crippen molar-refractivity contribution in [2.45, 2.75) is 20.8 Å². The highest BCUT2D eigenvalue weighted by Crippen LogP contribution is 2.32. The molecule has 1 aliphatic heterocycles. The lowest BCUT2D eigenvalue weighted by Gasteiger charge is -2.11. The molecule has 0 aliphatic carbocycles. The molecule has 1 amide bonds. The number of likely N-dealkylation sites (N-methyl/N-ethyl adjacent to an activating group) is 1. The van der Waals surface area contributed by atoms with E-state index in [2.05, 4.69) is 12.1 Å². The maximum atomic E-state index is 12.3. The van der Waals surface area contributed by atoms with Crippen molar-refractivity contribution in [3.05, 3.63) is 64.1 Å². The molecule has 1 saturated heterocycles. The van der Waals surface area contributed by atoms with Crippen molar-refractivity contribution in [2.75, 3.05) is 19.8 Å². The summed E-state index contributed by atoms with van der Waals surface area (Å²) in [7, 11) is 0. The highest BCUT2D eigenvalue weighted by Gasteiger charge is 2.30. The minimum atomic E-state index is -0.0265. The largest absolute Gasteiger partial charge is 0.490 e. The summed E-state index contributed by atoms with van der Waals surface area (Å²) in [5, 5.41) is 0. The molecule has 0 radical (unpaired) electrons. The van der Waals surface area contributed by atoms with Crippen molar-refractivity contribution in [3.8, 4) is 11.5 Å². The van der Waals surface area contributed by atoms with Gasteiger partial charge in [-0.15, -0.1) is 0 Å². The summed E-state index contributed by atoms with van der Waals surface area (Å²) in [6, 6.07) is 13.8. The van der Waals surface area contributed by atoms with Gasteiger partial charge in [0, 0.05) is 6.54 Å². The quantitative estimate of drug-likeness (QED) is 0.364. The van der Waals surface area contributed by atoms with Crippen molar-refractivity contribution >= 4 is 40.3 Å². The summed E-state index contributed by atoms with van der Waals surface area (Å²) in [5.41, 5.74) is 3.23. The molecule has 3 rings (SSSR count). The van der Waals surface area contributed by atoms with Gasteiger partial charge in [0.05, 0.1) is 4.91 Å². The Morgan fingerprint density at radius 3 is 2.46 bits per heavy atom. The number of nitrogens with zero attached hydrogens (tertiary/aromatic N) is 1. The summed E-state index contributed by atoms with van der Waals surface area (Å²) < 4.78 is 12.2. The Balaban J connectivity index is 1.52. The molecule has 1 heterocycles. The minimum absolute atomic E-state index is 0.0265. The van der Waals surface area contributed by atoms with Crippen LogP contribution in [0, 0.1) is 13.8 Å². The number of aryl methyl sites for hydroxylation is 2. The topological polar surface area (TPSA) is 38.8 Å². The van der Waals surface area contributed by atoms with Crippen LogP contribution >= 0.6 is 24.0 Å². The zero-order chi connectivity index (χ0) is 20.1. The molecule has 0 bridgehead atoms. The highest BCUT2D eigenvalue weighted by molar-refractivity contribution is 8.26. The number of amides is 1. The summed E-state index contributed by atoms with van der Waals surface area (Å²) in [4.78, 5) is 14.5. The van der Waals surface area contributed by atoms with E-state index in [4.69, 9.17) is 21.7 Å². The molecule has 0 atom stereocenters. The summed E-state index contributed by atoms with van der Waals surface area (Å²) in [6.45, 7) is 7.53. The first-order valence-electron chi connectivity index (χ1n) is 9.16. The molecule has 0 N–H and O–H groups in total. The molecule has 1 fully saturated rings. The fourth-order valence-corrected chi connectivity index (χ4v) is 4.14. The lowest BCUT2D eigenvalue weighted by Crippen LogP contribution is -2.27. The Morgan fingerprint density at radius 2 is 1.79 bits per heavy atom. The predicted molar refractivity (Wildman–Crippen MR) is 119 cm³/mol. The molecule has 2 aromatic rings. The SMILES string of the molecule is CCN1C(=O)/C(=C/c2ccc(OCCOc3cc(C)ccc3C)cc2)SC1=S. The van der Waals surface area contributed by atoms with Crippen molar-refractivity contribution in [3.63, 3.8) is 0 Å². The normalized spacial score (nSPS) is 15.4. The van der Waals surface area contributed by atoms with E-state index in [-0.39, 0.29) is 5.91 Å². The fourth-order valence-electron chi connectivity index (χ4n) is 2.76. The van der Waals surface area contributed by atoms with Crippen LogP contribution in [0.2, 0.25) is 0 Å². The second-order valence-electron chi connectivity index (χ2n) is 6.46. The van der Waals surface area contributed by atoms with E-state index in [1.54, 1.807) is 4.90 Å². The molecule has 6 heteroatoms. The van der Waals surface area contributed by atoms with Crippen LogP contribution in [0.1, 0.15) is 23.6 Å². The van der Waals surface area contributed by atoms with Crippen LogP contribution in [0.4, 0.5) is 0 Å². The van der Waals surface area contributed by atoms with Crippen LogP contribution in [0.5, 0.6) is 11.5 Å². The Morgan fingerprint density at radius 1 is 1.07 bits per heavy atom. The average molecular weight is 414 g/mol. The maximum absolute atomic E-state index is 12.3. The third-order valence-electron chi connectivity index (χ3n) is 4.32. The predicted octanol–water partition coefficient (Wildman–Crippen LogP) is 4.98. The van der Waals surface area contributed by atoms with Gasteiger partial charge in [-0.3, -0.25) is 9.69 Å². The molecule has 1 aliphatic rings. The number of ether oxygens (including phenoxy) is 2. The van der Waals surface area contributed by atoms with Gasteiger partial charge in [-0.25, -0.2) is 0 Å². The first-order chi connectivity index (χ1) is 13.5. The fraction of sp³-hybridized carbons (Fsp3) is 0.273. The van der Waals surface area contributed by atoms with Crippen molar-refractivity contribution in [2.24, 2.45) is 0 Å². The van der Waals surface area contributed by atoms with Crippen molar-refractivity contribution in [1.82, 2.24) is 4.90 Å². The number of carbonyl (C=O) groups is 1. The number of hydrogen-bond donors (Lipinski definition) is 0. The Labute approximate surface area is 175 Å². The first-order valence-corrected chi connectivity index (χ1v) is 10.4. The van der Waals surface area contributed by atoms with E-state index in [9.17, 15) is 4.79 Å².